The number of hydrogen-bond donors (Lipinski definition) is 4. The van der Waals surface area contributed by atoms with Gasteiger partial charge in [0, 0.05) is 6.54 Å². The number of amides is 2. The lowest BCUT2D eigenvalue weighted by Crippen LogP contribution is -2.36. The van der Waals surface area contributed by atoms with E-state index in [0.29, 0.717) is 12.3 Å². The molecular formula is C12H19N3O4. The number of carbonyl (C=O) groups is 2. The van der Waals surface area contributed by atoms with Crippen molar-refractivity contribution in [1.82, 2.24) is 16.0 Å². The summed E-state index contributed by atoms with van der Waals surface area (Å²) in [5.41, 5.74) is 0. The first kappa shape index (κ1) is 15.0. The number of aromatic carboxylic acids is 1. The summed E-state index contributed by atoms with van der Waals surface area (Å²) in [5, 5.41) is 17.1. The highest BCUT2D eigenvalue weighted by Gasteiger charge is 2.09. The standard InChI is InChI=1S/C12H19N3O4/c1-2-13-6-3-7-14-12(18)15-8-9-4-5-10(19-9)11(16)17/h4-5,13H,2-3,6-8H2,1H3,(H,16,17)(H2,14,15,18). The molecule has 7 nitrogen and oxygen atoms in total. The number of hydrogen-bond acceptors (Lipinski definition) is 4. The van der Waals surface area contributed by atoms with Gasteiger partial charge in [-0.3, -0.25) is 0 Å². The molecule has 2 amide bonds. The molecule has 4 N–H and O–H groups in total. The minimum Gasteiger partial charge on any atom is -0.475 e. The smallest absolute Gasteiger partial charge is 0.371 e. The van der Waals surface area contributed by atoms with Gasteiger partial charge in [0.2, 0.25) is 5.76 Å². The third-order valence-electron chi connectivity index (χ3n) is 2.36. The second-order valence-electron chi connectivity index (χ2n) is 3.89. The molecule has 0 bridgehead atoms. The Balaban J connectivity index is 2.17. The minimum atomic E-state index is -1.13. The lowest BCUT2D eigenvalue weighted by Gasteiger charge is -2.06. The van der Waals surface area contributed by atoms with Crippen LogP contribution in [0.4, 0.5) is 4.79 Å². The topological polar surface area (TPSA) is 104 Å². The van der Waals surface area contributed by atoms with E-state index < -0.39 is 5.97 Å². The zero-order valence-electron chi connectivity index (χ0n) is 10.9. The fourth-order valence-corrected chi connectivity index (χ4v) is 1.41. The van der Waals surface area contributed by atoms with Crippen LogP contribution in [0.1, 0.15) is 29.7 Å². The van der Waals surface area contributed by atoms with E-state index in [-0.39, 0.29) is 18.3 Å². The van der Waals surface area contributed by atoms with Crippen LogP contribution in [-0.2, 0) is 6.54 Å². The van der Waals surface area contributed by atoms with Gasteiger partial charge in [-0.1, -0.05) is 6.92 Å². The van der Waals surface area contributed by atoms with Crippen molar-refractivity contribution in [3.8, 4) is 0 Å². The highest BCUT2D eigenvalue weighted by atomic mass is 16.4. The Morgan fingerprint density at radius 3 is 2.68 bits per heavy atom. The first-order valence-corrected chi connectivity index (χ1v) is 6.18. The van der Waals surface area contributed by atoms with Gasteiger partial charge < -0.3 is 25.5 Å². The van der Waals surface area contributed by atoms with Crippen molar-refractivity contribution in [1.29, 1.82) is 0 Å². The van der Waals surface area contributed by atoms with Gasteiger partial charge >= 0.3 is 12.0 Å². The Morgan fingerprint density at radius 1 is 1.26 bits per heavy atom. The maximum atomic E-state index is 11.4. The van der Waals surface area contributed by atoms with E-state index in [1.165, 1.54) is 12.1 Å². The summed E-state index contributed by atoms with van der Waals surface area (Å²) in [6.45, 7) is 4.53. The van der Waals surface area contributed by atoms with Crippen LogP contribution in [-0.4, -0.2) is 36.7 Å². The predicted molar refractivity (Wildman–Crippen MR) is 69.1 cm³/mol. The second-order valence-corrected chi connectivity index (χ2v) is 3.89. The number of carbonyl (C=O) groups excluding carboxylic acids is 1. The molecule has 0 radical (unpaired) electrons. The number of carboxylic acid groups (broad SMARTS) is 1. The fraction of sp³-hybridized carbons (Fsp3) is 0.500. The van der Waals surface area contributed by atoms with Gasteiger partial charge in [-0.25, -0.2) is 9.59 Å². The van der Waals surface area contributed by atoms with Crippen LogP contribution in [0, 0.1) is 0 Å². The second kappa shape index (κ2) is 8.15. The number of rotatable bonds is 8. The van der Waals surface area contributed by atoms with Crippen molar-refractivity contribution in [2.75, 3.05) is 19.6 Å². The molecule has 0 saturated carbocycles. The molecule has 0 aliphatic heterocycles. The van der Waals surface area contributed by atoms with E-state index in [0.717, 1.165) is 19.5 Å². The molecule has 0 atom stereocenters. The average molecular weight is 269 g/mol. The number of nitrogens with one attached hydrogen (secondary N) is 3. The Morgan fingerprint density at radius 2 is 2.05 bits per heavy atom. The van der Waals surface area contributed by atoms with E-state index >= 15 is 0 Å². The van der Waals surface area contributed by atoms with Gasteiger partial charge in [-0.05, 0) is 31.6 Å². The Labute approximate surface area is 111 Å². The summed E-state index contributed by atoms with van der Waals surface area (Å²) in [6, 6.07) is 2.58. The van der Waals surface area contributed by atoms with Crippen molar-refractivity contribution < 1.29 is 19.1 Å². The number of carboxylic acids is 1. The van der Waals surface area contributed by atoms with Crippen molar-refractivity contribution in [2.24, 2.45) is 0 Å². The highest BCUT2D eigenvalue weighted by molar-refractivity contribution is 5.84. The van der Waals surface area contributed by atoms with Crippen molar-refractivity contribution >= 4 is 12.0 Å². The SMILES string of the molecule is CCNCCCNC(=O)NCc1ccc(C(=O)O)o1. The third-order valence-corrected chi connectivity index (χ3v) is 2.36. The average Bonchev–Trinajstić information content (AvgIpc) is 2.85. The maximum absolute atomic E-state index is 11.4. The summed E-state index contributed by atoms with van der Waals surface area (Å²) in [5.74, 6) is -0.859. The minimum absolute atomic E-state index is 0.136. The largest absolute Gasteiger partial charge is 0.475 e. The molecule has 0 unspecified atom stereocenters. The lowest BCUT2D eigenvalue weighted by atomic mass is 10.4. The van der Waals surface area contributed by atoms with Gasteiger partial charge in [0.25, 0.3) is 0 Å². The quantitative estimate of drug-likeness (QED) is 0.522. The Kier molecular flexibility index (Phi) is 6.45. The Bertz CT molecular complexity index is 417. The third kappa shape index (κ3) is 5.91. The molecule has 1 aromatic heterocycles. The molecule has 0 spiro atoms. The van der Waals surface area contributed by atoms with Gasteiger partial charge in [-0.2, -0.15) is 0 Å². The molecule has 106 valence electrons. The predicted octanol–water partition coefficient (Wildman–Crippen LogP) is 0.777. The molecular weight excluding hydrogens is 250 g/mol. The summed E-state index contributed by atoms with van der Waals surface area (Å²) in [4.78, 5) is 22.0. The molecule has 1 heterocycles. The van der Waals surface area contributed by atoms with Crippen LogP contribution in [0.3, 0.4) is 0 Å². The lowest BCUT2D eigenvalue weighted by molar-refractivity contribution is 0.0660. The zero-order chi connectivity index (χ0) is 14.1. The fourth-order valence-electron chi connectivity index (χ4n) is 1.41. The molecule has 0 fully saturated rings. The van der Waals surface area contributed by atoms with Crippen molar-refractivity contribution in [3.05, 3.63) is 23.7 Å². The molecule has 1 rings (SSSR count). The van der Waals surface area contributed by atoms with Gasteiger partial charge in [0.1, 0.15) is 5.76 Å². The first-order chi connectivity index (χ1) is 9.13. The molecule has 0 saturated heterocycles. The highest BCUT2D eigenvalue weighted by Crippen LogP contribution is 2.07. The van der Waals surface area contributed by atoms with Crippen LogP contribution in [0.5, 0.6) is 0 Å². The van der Waals surface area contributed by atoms with Crippen LogP contribution in [0.15, 0.2) is 16.5 Å². The van der Waals surface area contributed by atoms with E-state index in [1.54, 1.807) is 0 Å². The Hall–Kier alpha value is -2.02. The van der Waals surface area contributed by atoms with Crippen molar-refractivity contribution in [2.45, 2.75) is 19.9 Å². The molecule has 0 aliphatic rings. The van der Waals surface area contributed by atoms with Gasteiger partial charge in [0.15, 0.2) is 0 Å². The normalized spacial score (nSPS) is 10.2. The molecule has 19 heavy (non-hydrogen) atoms. The van der Waals surface area contributed by atoms with E-state index in [9.17, 15) is 9.59 Å². The van der Waals surface area contributed by atoms with Gasteiger partial charge in [-0.15, -0.1) is 0 Å². The first-order valence-electron chi connectivity index (χ1n) is 6.18. The monoisotopic (exact) mass is 269 g/mol. The summed E-state index contributed by atoms with van der Waals surface area (Å²) in [7, 11) is 0. The zero-order valence-corrected chi connectivity index (χ0v) is 10.9. The van der Waals surface area contributed by atoms with Crippen molar-refractivity contribution in [3.63, 3.8) is 0 Å². The van der Waals surface area contributed by atoms with Crippen LogP contribution >= 0.6 is 0 Å². The number of urea groups is 1. The molecule has 1 aromatic rings. The van der Waals surface area contributed by atoms with Crippen LogP contribution in [0.25, 0.3) is 0 Å². The van der Waals surface area contributed by atoms with Gasteiger partial charge in [0.05, 0.1) is 6.54 Å². The molecule has 0 aromatic carbocycles. The van der Waals surface area contributed by atoms with E-state index in [1.807, 2.05) is 6.92 Å². The maximum Gasteiger partial charge on any atom is 0.371 e. The number of furan rings is 1. The van der Waals surface area contributed by atoms with Crippen LogP contribution in [0.2, 0.25) is 0 Å². The summed E-state index contributed by atoms with van der Waals surface area (Å²) in [6.07, 6.45) is 0.852. The van der Waals surface area contributed by atoms with E-state index in [4.69, 9.17) is 9.52 Å². The molecule has 7 heteroatoms. The van der Waals surface area contributed by atoms with Crippen LogP contribution < -0.4 is 16.0 Å². The molecule has 0 aliphatic carbocycles. The summed E-state index contributed by atoms with van der Waals surface area (Å²) < 4.78 is 5.00. The summed E-state index contributed by atoms with van der Waals surface area (Å²) >= 11 is 0. The van der Waals surface area contributed by atoms with E-state index in [2.05, 4.69) is 16.0 Å².